The smallest absolute Gasteiger partial charge is 0.343 e. The quantitative estimate of drug-likeness (QED) is 0.782. The summed E-state index contributed by atoms with van der Waals surface area (Å²) in [4.78, 5) is 36.4. The zero-order valence-corrected chi connectivity index (χ0v) is 14.9. The normalized spacial score (nSPS) is 11.2. The minimum atomic E-state index is -1.33. The van der Waals surface area contributed by atoms with Gasteiger partial charge in [-0.05, 0) is 18.2 Å². The molecule has 0 bridgehead atoms. The number of ether oxygens (including phenoxy) is 2. The summed E-state index contributed by atoms with van der Waals surface area (Å²) in [5, 5.41) is 4.67. The van der Waals surface area contributed by atoms with Crippen LogP contribution >= 0.6 is 11.6 Å². The van der Waals surface area contributed by atoms with E-state index in [1.54, 1.807) is 36.4 Å². The number of methoxy groups -OCH3 is 1. The highest BCUT2D eigenvalue weighted by molar-refractivity contribution is 6.31. The molecule has 0 aliphatic heterocycles. The molecule has 2 rings (SSSR count). The number of imide groups is 1. The third-order valence-electron chi connectivity index (χ3n) is 3.41. The molecule has 0 aromatic heterocycles. The summed E-state index contributed by atoms with van der Waals surface area (Å²) in [7, 11) is 2.76. The zero-order valence-electron chi connectivity index (χ0n) is 14.1. The van der Waals surface area contributed by atoms with Crippen molar-refractivity contribution in [3.8, 4) is 5.75 Å². The van der Waals surface area contributed by atoms with E-state index >= 15 is 0 Å². The van der Waals surface area contributed by atoms with Gasteiger partial charge in [0.1, 0.15) is 11.3 Å². The average molecular weight is 377 g/mol. The number of halogens is 1. The fourth-order valence-electron chi connectivity index (χ4n) is 2.15. The van der Waals surface area contributed by atoms with Gasteiger partial charge in [0, 0.05) is 17.6 Å². The summed E-state index contributed by atoms with van der Waals surface area (Å²) in [5.74, 6) is -1.35. The Labute approximate surface area is 155 Å². The molecule has 0 aliphatic rings. The third-order valence-corrected chi connectivity index (χ3v) is 3.65. The summed E-state index contributed by atoms with van der Waals surface area (Å²) in [6.07, 6.45) is -1.33. The molecule has 2 N–H and O–H groups in total. The van der Waals surface area contributed by atoms with E-state index < -0.39 is 24.0 Å². The number of hydrogen-bond acceptors (Lipinski definition) is 5. The monoisotopic (exact) mass is 376 g/mol. The predicted molar refractivity (Wildman–Crippen MR) is 95.2 cm³/mol. The number of esters is 1. The molecule has 26 heavy (non-hydrogen) atoms. The van der Waals surface area contributed by atoms with Gasteiger partial charge in [-0.2, -0.15) is 0 Å². The number of benzene rings is 2. The second kappa shape index (κ2) is 8.87. The van der Waals surface area contributed by atoms with E-state index in [1.807, 2.05) is 0 Å². The molecule has 2 aromatic rings. The van der Waals surface area contributed by atoms with E-state index in [2.05, 4.69) is 10.6 Å². The minimum Gasteiger partial charge on any atom is -0.496 e. The van der Waals surface area contributed by atoms with Crippen molar-refractivity contribution in [2.45, 2.75) is 6.10 Å². The molecule has 0 fully saturated rings. The van der Waals surface area contributed by atoms with Crippen molar-refractivity contribution in [3.05, 3.63) is 64.7 Å². The van der Waals surface area contributed by atoms with Crippen LogP contribution in [0.15, 0.2) is 48.5 Å². The summed E-state index contributed by atoms with van der Waals surface area (Å²) in [6.45, 7) is 0. The summed E-state index contributed by atoms with van der Waals surface area (Å²) in [5.41, 5.74) is 0.469. The van der Waals surface area contributed by atoms with E-state index in [-0.39, 0.29) is 11.3 Å². The minimum absolute atomic E-state index is 0.0636. The Hall–Kier alpha value is -3.06. The van der Waals surface area contributed by atoms with Crippen LogP contribution < -0.4 is 15.4 Å². The second-order valence-corrected chi connectivity index (χ2v) is 5.55. The van der Waals surface area contributed by atoms with Crippen molar-refractivity contribution in [2.24, 2.45) is 0 Å². The molecule has 0 spiro atoms. The van der Waals surface area contributed by atoms with Crippen LogP contribution in [0.25, 0.3) is 0 Å². The van der Waals surface area contributed by atoms with Gasteiger partial charge in [0.15, 0.2) is 0 Å². The van der Waals surface area contributed by atoms with E-state index in [0.717, 1.165) is 0 Å². The van der Waals surface area contributed by atoms with Gasteiger partial charge in [-0.25, -0.2) is 9.59 Å². The SMILES string of the molecule is CNC(=O)NC(=O)[C@H](OC(=O)c1cc(Cl)ccc1OC)c1ccccc1. The Kier molecular flexibility index (Phi) is 6.57. The van der Waals surface area contributed by atoms with E-state index in [4.69, 9.17) is 21.1 Å². The zero-order chi connectivity index (χ0) is 19.1. The van der Waals surface area contributed by atoms with Crippen molar-refractivity contribution >= 4 is 29.5 Å². The summed E-state index contributed by atoms with van der Waals surface area (Å²) in [6, 6.07) is 12.1. The largest absolute Gasteiger partial charge is 0.496 e. The van der Waals surface area contributed by atoms with Crippen molar-refractivity contribution in [1.29, 1.82) is 0 Å². The molecule has 7 nitrogen and oxygen atoms in total. The Balaban J connectivity index is 2.32. The molecule has 8 heteroatoms. The van der Waals surface area contributed by atoms with Gasteiger partial charge >= 0.3 is 12.0 Å². The Morgan fingerprint density at radius 1 is 1.08 bits per heavy atom. The predicted octanol–water partition coefficient (Wildman–Crippen LogP) is 2.70. The van der Waals surface area contributed by atoms with Gasteiger partial charge in [0.05, 0.1) is 7.11 Å². The first-order chi connectivity index (χ1) is 12.5. The van der Waals surface area contributed by atoms with Crippen molar-refractivity contribution in [2.75, 3.05) is 14.2 Å². The molecule has 0 saturated carbocycles. The molecule has 136 valence electrons. The maximum absolute atomic E-state index is 12.6. The lowest BCUT2D eigenvalue weighted by molar-refractivity contribution is -0.129. The van der Waals surface area contributed by atoms with E-state index in [0.29, 0.717) is 10.6 Å². The van der Waals surface area contributed by atoms with Crippen LogP contribution in [0.2, 0.25) is 5.02 Å². The van der Waals surface area contributed by atoms with E-state index in [9.17, 15) is 14.4 Å². The second-order valence-electron chi connectivity index (χ2n) is 5.11. The van der Waals surface area contributed by atoms with Gasteiger partial charge in [0.25, 0.3) is 5.91 Å². The lowest BCUT2D eigenvalue weighted by Gasteiger charge is -2.18. The van der Waals surface area contributed by atoms with Crippen LogP contribution in [0.4, 0.5) is 4.79 Å². The summed E-state index contributed by atoms with van der Waals surface area (Å²) >= 11 is 5.93. The maximum atomic E-state index is 12.6. The number of amides is 3. The van der Waals surface area contributed by atoms with Crippen molar-refractivity contribution < 1.29 is 23.9 Å². The van der Waals surface area contributed by atoms with Crippen LogP contribution in [0, 0.1) is 0 Å². The molecular weight excluding hydrogens is 360 g/mol. The lowest BCUT2D eigenvalue weighted by atomic mass is 10.1. The Morgan fingerprint density at radius 2 is 1.77 bits per heavy atom. The van der Waals surface area contributed by atoms with Crippen LogP contribution in [0.1, 0.15) is 22.0 Å². The molecular formula is C18H17ClN2O5. The number of carbonyl (C=O) groups is 3. The van der Waals surface area contributed by atoms with Crippen LogP contribution in [0.3, 0.4) is 0 Å². The third kappa shape index (κ3) is 4.73. The van der Waals surface area contributed by atoms with Gasteiger partial charge in [-0.15, -0.1) is 0 Å². The van der Waals surface area contributed by atoms with Crippen molar-refractivity contribution in [1.82, 2.24) is 10.6 Å². The molecule has 0 radical (unpaired) electrons. The number of nitrogens with one attached hydrogen (secondary N) is 2. The average Bonchev–Trinajstić information content (AvgIpc) is 2.66. The van der Waals surface area contributed by atoms with Gasteiger partial charge in [-0.3, -0.25) is 10.1 Å². The molecule has 0 saturated heterocycles. The highest BCUT2D eigenvalue weighted by atomic mass is 35.5. The number of hydrogen-bond donors (Lipinski definition) is 2. The lowest BCUT2D eigenvalue weighted by Crippen LogP contribution is -2.41. The topological polar surface area (TPSA) is 93.7 Å². The van der Waals surface area contributed by atoms with E-state index in [1.165, 1.54) is 26.3 Å². The first-order valence-corrected chi connectivity index (χ1v) is 7.96. The molecule has 3 amide bonds. The molecule has 1 atom stereocenters. The number of rotatable bonds is 5. The summed E-state index contributed by atoms with van der Waals surface area (Å²) < 4.78 is 10.5. The van der Waals surface area contributed by atoms with Gasteiger partial charge < -0.3 is 14.8 Å². The van der Waals surface area contributed by atoms with Crippen LogP contribution in [-0.4, -0.2) is 32.1 Å². The van der Waals surface area contributed by atoms with Gasteiger partial charge in [0.2, 0.25) is 6.10 Å². The number of urea groups is 1. The molecule has 0 heterocycles. The standard InChI is InChI=1S/C18H17ClN2O5/c1-20-18(24)21-16(22)15(11-6-4-3-5-7-11)26-17(23)13-10-12(19)8-9-14(13)25-2/h3-10,15H,1-2H3,(H2,20,21,22,24)/t15-/m1/s1. The van der Waals surface area contributed by atoms with Gasteiger partial charge in [-0.1, -0.05) is 41.9 Å². The first-order valence-electron chi connectivity index (χ1n) is 7.58. The fraction of sp³-hybridized carbons (Fsp3) is 0.167. The molecule has 0 aliphatic carbocycles. The van der Waals surface area contributed by atoms with Crippen LogP contribution in [0.5, 0.6) is 5.75 Å². The molecule has 2 aromatic carbocycles. The highest BCUT2D eigenvalue weighted by Crippen LogP contribution is 2.26. The fourth-order valence-corrected chi connectivity index (χ4v) is 2.32. The Morgan fingerprint density at radius 3 is 2.38 bits per heavy atom. The molecule has 0 unspecified atom stereocenters. The van der Waals surface area contributed by atoms with Crippen LogP contribution in [-0.2, 0) is 9.53 Å². The first kappa shape index (κ1) is 19.3. The number of carbonyl (C=O) groups excluding carboxylic acids is 3. The highest BCUT2D eigenvalue weighted by Gasteiger charge is 2.28. The Bertz CT molecular complexity index is 810. The van der Waals surface area contributed by atoms with Crippen molar-refractivity contribution in [3.63, 3.8) is 0 Å². The maximum Gasteiger partial charge on any atom is 0.343 e.